The van der Waals surface area contributed by atoms with Crippen molar-refractivity contribution < 1.29 is 14.9 Å². The molecule has 0 fully saturated rings. The average molecular weight is 454 g/mol. The van der Waals surface area contributed by atoms with Crippen LogP contribution in [-0.4, -0.2) is 83.1 Å². The second-order valence-corrected chi connectivity index (χ2v) is 8.52. The molecule has 0 bridgehead atoms. The first-order chi connectivity index (χ1) is 15.4. The standard InChI is InChI=1S/C24H47N5O3/c1-7-10-12-13-16-29(21(5)31)23-20(4)14-15-22(25-24(26-23)27(6)18-30)28(9-3)19-32-17-11-8-2/h21,30-31H,7-19H2,1-6H3/b23-20-,25-22-,26-24+. The van der Waals surface area contributed by atoms with Gasteiger partial charge in [0.1, 0.15) is 31.3 Å². The summed E-state index contributed by atoms with van der Waals surface area (Å²) in [7, 11) is 1.77. The summed E-state index contributed by atoms with van der Waals surface area (Å²) < 4.78 is 5.85. The summed E-state index contributed by atoms with van der Waals surface area (Å²) in [4.78, 5) is 15.4. The van der Waals surface area contributed by atoms with Crippen molar-refractivity contribution in [3.05, 3.63) is 11.4 Å². The van der Waals surface area contributed by atoms with Crippen molar-refractivity contribution in [1.82, 2.24) is 14.7 Å². The Labute approximate surface area is 195 Å². The van der Waals surface area contributed by atoms with Gasteiger partial charge in [-0.2, -0.15) is 9.98 Å². The van der Waals surface area contributed by atoms with Gasteiger partial charge < -0.3 is 29.6 Å². The molecule has 186 valence electrons. The van der Waals surface area contributed by atoms with E-state index in [0.29, 0.717) is 12.7 Å². The number of allylic oxidation sites excluding steroid dienone is 1. The summed E-state index contributed by atoms with van der Waals surface area (Å²) >= 11 is 0. The molecule has 0 aromatic carbocycles. The Morgan fingerprint density at radius 2 is 1.75 bits per heavy atom. The number of unbranched alkanes of at least 4 members (excludes halogenated alkanes) is 4. The largest absolute Gasteiger partial charge is 0.376 e. The van der Waals surface area contributed by atoms with Gasteiger partial charge in [0.15, 0.2) is 0 Å². The van der Waals surface area contributed by atoms with Crippen molar-refractivity contribution in [2.45, 2.75) is 92.2 Å². The summed E-state index contributed by atoms with van der Waals surface area (Å²) in [6.45, 7) is 12.9. The molecule has 1 unspecified atom stereocenters. The molecule has 1 heterocycles. The average Bonchev–Trinajstić information content (AvgIpc) is 2.77. The number of amidine groups is 1. The zero-order chi connectivity index (χ0) is 23.9. The highest BCUT2D eigenvalue weighted by atomic mass is 16.5. The predicted octanol–water partition coefficient (Wildman–Crippen LogP) is 3.96. The highest BCUT2D eigenvalue weighted by Gasteiger charge is 2.22. The normalized spacial score (nSPS) is 21.1. The van der Waals surface area contributed by atoms with Gasteiger partial charge in [-0.3, -0.25) is 0 Å². The van der Waals surface area contributed by atoms with Gasteiger partial charge in [0.2, 0.25) is 5.96 Å². The van der Waals surface area contributed by atoms with Crippen molar-refractivity contribution in [3.8, 4) is 0 Å². The van der Waals surface area contributed by atoms with Crippen LogP contribution >= 0.6 is 0 Å². The second-order valence-electron chi connectivity index (χ2n) is 8.52. The van der Waals surface area contributed by atoms with Crippen LogP contribution in [-0.2, 0) is 4.74 Å². The summed E-state index contributed by atoms with van der Waals surface area (Å²) in [5.74, 6) is 2.12. The lowest BCUT2D eigenvalue weighted by molar-refractivity contribution is 0.0411. The fourth-order valence-corrected chi connectivity index (χ4v) is 3.52. The fraction of sp³-hybridized carbons (Fsp3) is 0.833. The van der Waals surface area contributed by atoms with E-state index in [2.05, 4.69) is 32.6 Å². The van der Waals surface area contributed by atoms with Gasteiger partial charge in [0.25, 0.3) is 0 Å². The Hall–Kier alpha value is -1.64. The van der Waals surface area contributed by atoms with E-state index in [1.54, 1.807) is 18.9 Å². The number of hydrogen-bond donors (Lipinski definition) is 2. The van der Waals surface area contributed by atoms with Gasteiger partial charge in [0.05, 0.1) is 0 Å². The van der Waals surface area contributed by atoms with Crippen molar-refractivity contribution in [1.29, 1.82) is 0 Å². The van der Waals surface area contributed by atoms with E-state index in [0.717, 1.165) is 75.5 Å². The third kappa shape index (κ3) is 9.46. The fourth-order valence-electron chi connectivity index (χ4n) is 3.52. The Bertz CT molecular complexity index is 619. The van der Waals surface area contributed by atoms with E-state index >= 15 is 0 Å². The molecule has 0 aromatic rings. The third-order valence-electron chi connectivity index (χ3n) is 5.71. The summed E-state index contributed by atoms with van der Waals surface area (Å²) in [6, 6.07) is 0. The molecule has 32 heavy (non-hydrogen) atoms. The molecule has 0 amide bonds. The van der Waals surface area contributed by atoms with E-state index in [4.69, 9.17) is 14.7 Å². The number of rotatable bonds is 14. The van der Waals surface area contributed by atoms with Crippen LogP contribution in [0.1, 0.15) is 86.0 Å². The first kappa shape index (κ1) is 28.4. The molecule has 0 saturated carbocycles. The lowest BCUT2D eigenvalue weighted by Gasteiger charge is -2.32. The number of guanidine groups is 1. The highest BCUT2D eigenvalue weighted by molar-refractivity contribution is 5.96. The maximum Gasteiger partial charge on any atom is 0.230 e. The maximum absolute atomic E-state index is 10.5. The van der Waals surface area contributed by atoms with Crippen LogP contribution in [0.3, 0.4) is 0 Å². The van der Waals surface area contributed by atoms with E-state index in [-0.39, 0.29) is 6.73 Å². The molecular weight excluding hydrogens is 406 g/mol. The Kier molecular flexibility index (Phi) is 14.2. The number of ether oxygens (including phenoxy) is 1. The summed E-state index contributed by atoms with van der Waals surface area (Å²) in [6.07, 6.45) is 7.56. The van der Waals surface area contributed by atoms with Crippen LogP contribution in [0.5, 0.6) is 0 Å². The first-order valence-corrected chi connectivity index (χ1v) is 12.3. The molecule has 0 spiro atoms. The number of hydrogen-bond acceptors (Lipinski definition) is 8. The molecule has 0 radical (unpaired) electrons. The highest BCUT2D eigenvalue weighted by Crippen LogP contribution is 2.23. The lowest BCUT2D eigenvalue weighted by Crippen LogP contribution is -2.38. The van der Waals surface area contributed by atoms with Crippen molar-refractivity contribution in [2.24, 2.45) is 9.98 Å². The number of aliphatic hydroxyl groups excluding tert-OH is 2. The van der Waals surface area contributed by atoms with Gasteiger partial charge in [0, 0.05) is 33.2 Å². The molecule has 8 nitrogen and oxygen atoms in total. The van der Waals surface area contributed by atoms with E-state index in [1.807, 2.05) is 4.90 Å². The third-order valence-corrected chi connectivity index (χ3v) is 5.71. The maximum atomic E-state index is 10.5. The van der Waals surface area contributed by atoms with Crippen LogP contribution in [0.25, 0.3) is 0 Å². The minimum Gasteiger partial charge on any atom is -0.376 e. The summed E-state index contributed by atoms with van der Waals surface area (Å²) in [5.41, 5.74) is 1.11. The van der Waals surface area contributed by atoms with Crippen LogP contribution in [0, 0.1) is 0 Å². The van der Waals surface area contributed by atoms with Crippen molar-refractivity contribution >= 4 is 11.8 Å². The quantitative estimate of drug-likeness (QED) is 0.306. The zero-order valence-electron chi connectivity index (χ0n) is 21.3. The Balaban J connectivity index is 3.19. The minimum absolute atomic E-state index is 0.188. The smallest absolute Gasteiger partial charge is 0.230 e. The monoisotopic (exact) mass is 453 g/mol. The molecule has 1 rings (SSSR count). The molecule has 1 aliphatic heterocycles. The van der Waals surface area contributed by atoms with Gasteiger partial charge in [-0.15, -0.1) is 0 Å². The molecule has 0 aliphatic carbocycles. The van der Waals surface area contributed by atoms with Crippen LogP contribution in [0.2, 0.25) is 0 Å². The molecule has 1 aliphatic rings. The lowest BCUT2D eigenvalue weighted by atomic mass is 10.1. The molecular formula is C24H47N5O3. The predicted molar refractivity (Wildman–Crippen MR) is 132 cm³/mol. The first-order valence-electron chi connectivity index (χ1n) is 12.3. The van der Waals surface area contributed by atoms with E-state index in [1.165, 1.54) is 12.8 Å². The van der Waals surface area contributed by atoms with Gasteiger partial charge in [-0.25, -0.2) is 0 Å². The van der Waals surface area contributed by atoms with Crippen LogP contribution in [0.4, 0.5) is 0 Å². The van der Waals surface area contributed by atoms with Crippen molar-refractivity contribution in [3.63, 3.8) is 0 Å². The van der Waals surface area contributed by atoms with Gasteiger partial charge in [-0.1, -0.05) is 39.5 Å². The van der Waals surface area contributed by atoms with Crippen LogP contribution < -0.4 is 0 Å². The molecule has 8 heteroatoms. The second kappa shape index (κ2) is 16.0. The molecule has 0 aromatic heterocycles. The van der Waals surface area contributed by atoms with E-state index < -0.39 is 6.23 Å². The topological polar surface area (TPSA) is 84.1 Å². The molecule has 1 atom stereocenters. The Morgan fingerprint density at radius 3 is 2.34 bits per heavy atom. The number of aliphatic imine (C=N–C) groups is 2. The van der Waals surface area contributed by atoms with Crippen LogP contribution in [0.15, 0.2) is 21.4 Å². The number of aliphatic hydroxyl groups is 2. The Morgan fingerprint density at radius 1 is 1.03 bits per heavy atom. The van der Waals surface area contributed by atoms with Crippen molar-refractivity contribution in [2.75, 3.05) is 40.2 Å². The summed E-state index contributed by atoms with van der Waals surface area (Å²) in [5, 5.41) is 20.3. The van der Waals surface area contributed by atoms with Gasteiger partial charge >= 0.3 is 0 Å². The SMILES string of the molecule is CCCCCCN(C1=C(/C)CC/C(N(CC)COCCCC)=N/C(N(C)CO)=N\1)C(C)O. The van der Waals surface area contributed by atoms with Gasteiger partial charge in [-0.05, 0) is 45.6 Å². The number of nitrogens with zero attached hydrogens (tertiary/aromatic N) is 5. The zero-order valence-corrected chi connectivity index (χ0v) is 21.3. The molecule has 2 N–H and O–H groups in total. The minimum atomic E-state index is -0.645. The molecule has 0 saturated heterocycles. The van der Waals surface area contributed by atoms with E-state index in [9.17, 15) is 10.2 Å².